The molecule has 0 atom stereocenters. The third-order valence-electron chi connectivity index (χ3n) is 13.7. The van der Waals surface area contributed by atoms with Gasteiger partial charge in [-0.3, -0.25) is 24.0 Å². The number of hydrogen-bond acceptors (Lipinski definition) is 7. The Hall–Kier alpha value is -6.89. The van der Waals surface area contributed by atoms with Crippen LogP contribution in [-0.2, 0) is 30.0 Å². The van der Waals surface area contributed by atoms with Crippen molar-refractivity contribution in [2.45, 2.75) is 96.8 Å². The van der Waals surface area contributed by atoms with Gasteiger partial charge in [0, 0.05) is 147 Å². The van der Waals surface area contributed by atoms with E-state index in [0.717, 1.165) is 62.0 Å². The molecule has 13 heteroatoms. The molecule has 2 heterocycles. The largest absolute Gasteiger partial charge is 0.374 e. The van der Waals surface area contributed by atoms with Crippen LogP contribution in [0.5, 0.6) is 0 Å². The monoisotopic (exact) mass is 969 g/mol. The Labute approximate surface area is 423 Å². The van der Waals surface area contributed by atoms with Gasteiger partial charge in [0.25, 0.3) is 0 Å². The molecule has 0 fully saturated rings. The van der Waals surface area contributed by atoms with Gasteiger partial charge >= 0.3 is 0 Å². The number of carbonyl (C=O) groups excluding carboxylic acids is 5. The van der Waals surface area contributed by atoms with Gasteiger partial charge in [0.05, 0.1) is 10.8 Å². The van der Waals surface area contributed by atoms with E-state index in [1.807, 2.05) is 31.1 Å². The average Bonchev–Trinajstić information content (AvgIpc) is 3.73. The van der Waals surface area contributed by atoms with E-state index >= 15 is 0 Å². The van der Waals surface area contributed by atoms with Crippen molar-refractivity contribution < 1.29 is 33.1 Å². The van der Waals surface area contributed by atoms with Crippen LogP contribution in [0.25, 0.3) is 6.08 Å². The van der Waals surface area contributed by atoms with E-state index in [9.17, 15) is 24.0 Å². The lowest BCUT2D eigenvalue weighted by Crippen LogP contribution is -2.28. The molecular formula is C58H80N8O5+2. The standard InChI is InChI=1S/C29H38N4O2.C17H24N2O.C12H16N2O2/c1-29(2)24-10-6-7-11-25(24)33(20-9-8-12-27(34)30-3)26(29)18-15-22-13-16-23(17-14-22)32(5)21-19-28(35)31-4;1-13-17(2,3)14-9-5-6-10-15(14)19(13)12-8-7-11-16(20)18-4;1-13-12(16)7-8-14(2)11-5-3-10(9-15)4-6-11/h6-7,10-11,13-18H,8-9,12,19-21H2,1-5H3,(H-,30,31,34,35);5-6,9-10H,7-8,11-12H2,1-4H3;3-6,9H,7-8H2,1-2H3,(H,13,16)/p+2. The van der Waals surface area contributed by atoms with Crippen LogP contribution in [0.4, 0.5) is 22.7 Å². The quantitative estimate of drug-likeness (QED) is 0.0373. The fourth-order valence-corrected chi connectivity index (χ4v) is 8.85. The molecule has 0 bridgehead atoms. The fourth-order valence-electron chi connectivity index (χ4n) is 8.85. The normalized spacial score (nSPS) is 13.7. The van der Waals surface area contributed by atoms with Gasteiger partial charge in [-0.2, -0.15) is 9.15 Å². The number of aldehydes is 1. The number of rotatable bonds is 21. The highest BCUT2D eigenvalue weighted by molar-refractivity contribution is 6.05. The number of allylic oxidation sites excluding steroid dienone is 1. The molecule has 71 heavy (non-hydrogen) atoms. The van der Waals surface area contributed by atoms with Crippen molar-refractivity contribution in [2.24, 2.45) is 0 Å². The Morgan fingerprint density at radius 1 is 0.507 bits per heavy atom. The first-order valence-electron chi connectivity index (χ1n) is 25.0. The molecule has 4 aromatic carbocycles. The van der Waals surface area contributed by atoms with Crippen LogP contribution in [0.1, 0.15) is 113 Å². The van der Waals surface area contributed by atoms with Crippen molar-refractivity contribution in [3.8, 4) is 0 Å². The molecule has 2 aliphatic rings. The highest BCUT2D eigenvalue weighted by atomic mass is 16.2. The second-order valence-corrected chi connectivity index (χ2v) is 19.1. The number of hydrogen-bond donors (Lipinski definition) is 4. The van der Waals surface area contributed by atoms with Crippen LogP contribution < -0.4 is 31.1 Å². The molecule has 4 N–H and O–H groups in total. The van der Waals surface area contributed by atoms with Crippen LogP contribution >= 0.6 is 0 Å². The Morgan fingerprint density at radius 3 is 1.35 bits per heavy atom. The van der Waals surface area contributed by atoms with Gasteiger partial charge < -0.3 is 31.1 Å². The Balaban J connectivity index is 0.000000256. The van der Waals surface area contributed by atoms with Crippen molar-refractivity contribution in [3.63, 3.8) is 0 Å². The average molecular weight is 969 g/mol. The summed E-state index contributed by atoms with van der Waals surface area (Å²) in [6, 6.07) is 32.9. The maximum Gasteiger partial charge on any atom is 0.221 e. The number of unbranched alkanes of at least 4 members (excludes halogenated alkanes) is 2. The third kappa shape index (κ3) is 15.8. The van der Waals surface area contributed by atoms with Crippen LogP contribution in [0.2, 0.25) is 0 Å². The number of carbonyl (C=O) groups is 5. The summed E-state index contributed by atoms with van der Waals surface area (Å²) in [7, 11) is 10.6. The summed E-state index contributed by atoms with van der Waals surface area (Å²) < 4.78 is 4.83. The van der Waals surface area contributed by atoms with Crippen molar-refractivity contribution in [3.05, 3.63) is 125 Å². The van der Waals surface area contributed by atoms with Gasteiger partial charge in [-0.25, -0.2) is 0 Å². The van der Waals surface area contributed by atoms with Crippen molar-refractivity contribution >= 4 is 70.2 Å². The van der Waals surface area contributed by atoms with Gasteiger partial charge in [-0.05, 0) is 88.6 Å². The highest BCUT2D eigenvalue weighted by Crippen LogP contribution is 2.41. The second kappa shape index (κ2) is 27.5. The summed E-state index contributed by atoms with van der Waals surface area (Å²) >= 11 is 0. The van der Waals surface area contributed by atoms with Crippen LogP contribution in [0.3, 0.4) is 0 Å². The maximum atomic E-state index is 11.6. The lowest BCUT2D eigenvalue weighted by atomic mass is 9.81. The topological polar surface area (TPSA) is 146 Å². The molecule has 13 nitrogen and oxygen atoms in total. The molecule has 4 amide bonds. The fraction of sp³-hybridized carbons (Fsp3) is 0.431. The number of fused-ring (bicyclic) bond motifs is 2. The minimum absolute atomic E-state index is 0.0244. The molecule has 0 radical (unpaired) electrons. The Morgan fingerprint density at radius 2 is 0.901 bits per heavy atom. The lowest BCUT2D eigenvalue weighted by Gasteiger charge is -2.19. The Bertz CT molecular complexity index is 2520. The molecule has 0 saturated carbocycles. The number of para-hydroxylation sites is 2. The van der Waals surface area contributed by atoms with E-state index in [4.69, 9.17) is 0 Å². The van der Waals surface area contributed by atoms with Gasteiger partial charge in [0.1, 0.15) is 19.4 Å². The number of nitrogens with zero attached hydrogens (tertiary/aromatic N) is 4. The third-order valence-corrected chi connectivity index (χ3v) is 13.7. The maximum absolute atomic E-state index is 11.6. The summed E-state index contributed by atoms with van der Waals surface area (Å²) in [4.78, 5) is 60.0. The summed E-state index contributed by atoms with van der Waals surface area (Å²) in [6.45, 7) is 14.5. The number of anilines is 2. The zero-order chi connectivity index (χ0) is 52.1. The van der Waals surface area contributed by atoms with Crippen LogP contribution in [0, 0.1) is 0 Å². The van der Waals surface area contributed by atoms with Crippen molar-refractivity contribution in [2.75, 3.05) is 78.3 Å². The van der Waals surface area contributed by atoms with Crippen LogP contribution in [0.15, 0.2) is 103 Å². The van der Waals surface area contributed by atoms with Crippen molar-refractivity contribution in [1.29, 1.82) is 0 Å². The van der Waals surface area contributed by atoms with E-state index in [1.165, 1.54) is 33.9 Å². The number of benzene rings is 4. The summed E-state index contributed by atoms with van der Waals surface area (Å²) in [6.07, 6.45) is 11.1. The number of nitrogens with one attached hydrogen (secondary N) is 4. The predicted molar refractivity (Wildman–Crippen MR) is 291 cm³/mol. The minimum atomic E-state index is -0.103. The highest BCUT2D eigenvalue weighted by Gasteiger charge is 2.44. The molecular weight excluding hydrogens is 889 g/mol. The SMILES string of the molecule is CNC(=O)CCCC[N+]1=C(/C=C/c2ccc(N(C)CCC(=O)NC)cc2)C(C)(C)c2ccccc21.CNC(=O)CCCC[N+]1=C(C)C(C)(C)c2ccccc21.CNC(=O)CCN(C)c1ccc(C=O)cc1. The van der Waals surface area contributed by atoms with E-state index in [-0.39, 0.29) is 34.5 Å². The molecule has 0 unspecified atom stereocenters. The first kappa shape index (κ1) is 56.7. The molecule has 0 saturated heterocycles. The smallest absolute Gasteiger partial charge is 0.221 e. The molecule has 4 aromatic rings. The van der Waals surface area contributed by atoms with Gasteiger partial charge in [-0.15, -0.1) is 0 Å². The number of amides is 4. The minimum Gasteiger partial charge on any atom is -0.374 e. The van der Waals surface area contributed by atoms with E-state index in [1.54, 1.807) is 40.3 Å². The Kier molecular flexibility index (Phi) is 22.0. The van der Waals surface area contributed by atoms with Gasteiger partial charge in [0.2, 0.25) is 35.0 Å². The van der Waals surface area contributed by atoms with E-state index in [2.05, 4.69) is 155 Å². The van der Waals surface area contributed by atoms with Gasteiger partial charge in [-0.1, -0.05) is 48.5 Å². The molecule has 0 aliphatic carbocycles. The zero-order valence-corrected chi connectivity index (χ0v) is 44.3. The van der Waals surface area contributed by atoms with E-state index < -0.39 is 0 Å². The zero-order valence-electron chi connectivity index (χ0n) is 44.3. The molecule has 0 spiro atoms. The lowest BCUT2D eigenvalue weighted by molar-refractivity contribution is -0.439. The van der Waals surface area contributed by atoms with E-state index in [0.29, 0.717) is 44.3 Å². The van der Waals surface area contributed by atoms with Gasteiger partial charge in [0.15, 0.2) is 11.4 Å². The predicted octanol–water partition coefficient (Wildman–Crippen LogP) is 8.34. The summed E-state index contributed by atoms with van der Waals surface area (Å²) in [5, 5.41) is 10.6. The summed E-state index contributed by atoms with van der Waals surface area (Å²) in [5.41, 5.74) is 11.9. The molecule has 6 rings (SSSR count). The second-order valence-electron chi connectivity index (χ2n) is 19.1. The summed E-state index contributed by atoms with van der Waals surface area (Å²) in [5.74, 6) is 0.301. The molecule has 0 aromatic heterocycles. The molecule has 380 valence electrons. The van der Waals surface area contributed by atoms with Crippen LogP contribution in [-0.4, -0.2) is 119 Å². The molecule has 2 aliphatic heterocycles. The first-order valence-corrected chi connectivity index (χ1v) is 25.0. The van der Waals surface area contributed by atoms with Crippen molar-refractivity contribution in [1.82, 2.24) is 21.3 Å². The first-order chi connectivity index (χ1) is 33.9.